The highest BCUT2D eigenvalue weighted by Crippen LogP contribution is 2.22. The van der Waals surface area contributed by atoms with E-state index in [-0.39, 0.29) is 12.4 Å². The van der Waals surface area contributed by atoms with Crippen LogP contribution in [0.3, 0.4) is 0 Å². The predicted octanol–water partition coefficient (Wildman–Crippen LogP) is -1.61. The number of pyridine rings is 1. The van der Waals surface area contributed by atoms with Crippen molar-refractivity contribution < 1.29 is 17.0 Å². The highest BCUT2D eigenvalue weighted by atomic mass is 35.5. The monoisotopic (exact) mass is 289 g/mol. The maximum absolute atomic E-state index is 5.46. The van der Waals surface area contributed by atoms with E-state index in [9.17, 15) is 0 Å². The zero-order chi connectivity index (χ0) is 13.4. The van der Waals surface area contributed by atoms with Gasteiger partial charge in [-0.15, -0.1) is 0 Å². The fourth-order valence-corrected chi connectivity index (χ4v) is 2.39. The predicted molar refractivity (Wildman–Crippen MR) is 78.3 cm³/mol. The molecule has 0 unspecified atom stereocenters. The summed E-state index contributed by atoms with van der Waals surface area (Å²) in [6.07, 6.45) is 0. The number of nitrogen functional groups attached to an aromatic ring is 2. The fourth-order valence-electron chi connectivity index (χ4n) is 2.39. The normalized spacial score (nSPS) is 10.3. The van der Waals surface area contributed by atoms with Gasteiger partial charge in [-0.3, -0.25) is 11.7 Å². The van der Waals surface area contributed by atoms with Crippen LogP contribution in [-0.2, 0) is 7.05 Å². The number of nitrogens with one attached hydrogen (secondary N) is 2. The van der Waals surface area contributed by atoms with Crippen LogP contribution < -0.4 is 39.5 Å². The maximum atomic E-state index is 5.46. The van der Waals surface area contributed by atoms with Crippen LogP contribution in [0.1, 0.15) is 0 Å². The zero-order valence-electron chi connectivity index (χ0n) is 11.0. The molecule has 0 amide bonds. The van der Waals surface area contributed by atoms with Crippen molar-refractivity contribution in [3.8, 4) is 0 Å². The van der Waals surface area contributed by atoms with Crippen molar-refractivity contribution >= 4 is 33.2 Å². The number of aromatic nitrogens is 1. The van der Waals surface area contributed by atoms with Crippen LogP contribution >= 0.6 is 0 Å². The third-order valence-corrected chi connectivity index (χ3v) is 3.43. The van der Waals surface area contributed by atoms with Gasteiger partial charge in [-0.05, 0) is 30.3 Å². The number of anilines is 2. The van der Waals surface area contributed by atoms with Crippen LogP contribution in [0.2, 0.25) is 0 Å². The van der Waals surface area contributed by atoms with Gasteiger partial charge in [-0.25, -0.2) is 0 Å². The molecule has 0 aliphatic heterocycles. The molecule has 0 spiro atoms. The third kappa shape index (κ3) is 2.22. The molecule has 6 N–H and O–H groups in total. The van der Waals surface area contributed by atoms with E-state index in [2.05, 4.69) is 33.6 Å². The van der Waals surface area contributed by atoms with Gasteiger partial charge < -0.3 is 23.3 Å². The molecule has 5 nitrogen and oxygen atoms in total. The number of hydrogen-bond donors (Lipinski definition) is 4. The van der Waals surface area contributed by atoms with Gasteiger partial charge in [0.25, 0.3) is 0 Å². The Morgan fingerprint density at radius 3 is 1.65 bits per heavy atom. The first kappa shape index (κ1) is 14.3. The SMILES string of the molecule is C[n+]1c2cc(NN)ccc2cc2ccc(NN)cc21.[Cl-]. The topological polar surface area (TPSA) is 80.0 Å². The van der Waals surface area contributed by atoms with Crippen LogP contribution in [0, 0.1) is 0 Å². The zero-order valence-corrected chi connectivity index (χ0v) is 11.8. The van der Waals surface area contributed by atoms with Crippen LogP contribution in [0.4, 0.5) is 11.4 Å². The Kier molecular flexibility index (Phi) is 3.94. The summed E-state index contributed by atoms with van der Waals surface area (Å²) in [6, 6.07) is 14.2. The minimum absolute atomic E-state index is 0. The molecule has 3 rings (SSSR count). The molecule has 0 radical (unpaired) electrons. The first-order valence-electron chi connectivity index (χ1n) is 6.03. The molecule has 20 heavy (non-hydrogen) atoms. The van der Waals surface area contributed by atoms with Crippen molar-refractivity contribution in [3.63, 3.8) is 0 Å². The molecule has 0 aliphatic carbocycles. The van der Waals surface area contributed by atoms with Gasteiger partial charge in [0.15, 0.2) is 0 Å². The minimum atomic E-state index is 0. The average molecular weight is 290 g/mol. The molecule has 1 heterocycles. The van der Waals surface area contributed by atoms with E-state index < -0.39 is 0 Å². The van der Waals surface area contributed by atoms with E-state index in [1.165, 1.54) is 10.8 Å². The molecule has 1 aromatic heterocycles. The van der Waals surface area contributed by atoms with Gasteiger partial charge in [0.05, 0.1) is 11.4 Å². The number of fused-ring (bicyclic) bond motifs is 2. The number of rotatable bonds is 2. The molecular weight excluding hydrogens is 274 g/mol. The van der Waals surface area contributed by atoms with Gasteiger partial charge >= 0.3 is 0 Å². The van der Waals surface area contributed by atoms with E-state index >= 15 is 0 Å². The fraction of sp³-hybridized carbons (Fsp3) is 0.0714. The number of nitrogens with zero attached hydrogens (tertiary/aromatic N) is 1. The molecule has 0 aliphatic rings. The summed E-state index contributed by atoms with van der Waals surface area (Å²) in [5.74, 6) is 10.9. The molecule has 0 atom stereocenters. The number of nitrogens with two attached hydrogens (primary N) is 2. The number of hydrazine groups is 2. The Morgan fingerprint density at radius 2 is 1.25 bits per heavy atom. The Bertz CT molecular complexity index is 710. The van der Waals surface area contributed by atoms with Gasteiger partial charge in [0, 0.05) is 22.9 Å². The molecule has 6 heteroatoms. The summed E-state index contributed by atoms with van der Waals surface area (Å²) in [7, 11) is 2.03. The van der Waals surface area contributed by atoms with E-state index in [0.717, 1.165) is 22.4 Å². The lowest BCUT2D eigenvalue weighted by molar-refractivity contribution is -0.617. The Hall–Kier alpha value is -2.08. The van der Waals surface area contributed by atoms with E-state index in [0.29, 0.717) is 0 Å². The van der Waals surface area contributed by atoms with E-state index in [4.69, 9.17) is 11.7 Å². The Labute approximate surface area is 122 Å². The Balaban J connectivity index is 0.00000147. The highest BCUT2D eigenvalue weighted by molar-refractivity contribution is 5.91. The first-order chi connectivity index (χ1) is 9.22. The summed E-state index contributed by atoms with van der Waals surface area (Å²) < 4.78 is 2.13. The summed E-state index contributed by atoms with van der Waals surface area (Å²) >= 11 is 0. The van der Waals surface area contributed by atoms with Gasteiger partial charge in [-0.2, -0.15) is 4.57 Å². The average Bonchev–Trinajstić information content (AvgIpc) is 2.47. The largest absolute Gasteiger partial charge is 1.00 e. The first-order valence-corrected chi connectivity index (χ1v) is 6.03. The molecule has 3 aromatic rings. The number of hydrogen-bond acceptors (Lipinski definition) is 4. The van der Waals surface area contributed by atoms with Crippen molar-refractivity contribution in [3.05, 3.63) is 42.5 Å². The smallest absolute Gasteiger partial charge is 0.214 e. The lowest BCUT2D eigenvalue weighted by Crippen LogP contribution is -3.00. The number of halogens is 1. The third-order valence-electron chi connectivity index (χ3n) is 3.43. The second-order valence-corrected chi connectivity index (χ2v) is 4.54. The standard InChI is InChI=1S/C14H15N5.ClH/c1-19-13-7-11(17-15)4-2-9(13)6-10-3-5-12(18-16)8-14(10)19;/h2-8H,15-16H2,1H3,(H,17,18);1H. The lowest BCUT2D eigenvalue weighted by atomic mass is 10.1. The minimum Gasteiger partial charge on any atom is -1.00 e. The van der Waals surface area contributed by atoms with Crippen molar-refractivity contribution in [1.82, 2.24) is 0 Å². The van der Waals surface area contributed by atoms with Crippen molar-refractivity contribution in [1.29, 1.82) is 0 Å². The maximum Gasteiger partial charge on any atom is 0.214 e. The molecule has 0 fully saturated rings. The molecular formula is C14H16ClN5. The van der Waals surface area contributed by atoms with E-state index in [1.807, 2.05) is 31.3 Å². The number of aryl methyl sites for hydroxylation is 1. The van der Waals surface area contributed by atoms with Gasteiger partial charge in [0.2, 0.25) is 11.0 Å². The number of benzene rings is 2. The van der Waals surface area contributed by atoms with Crippen molar-refractivity contribution in [2.75, 3.05) is 10.9 Å². The molecule has 104 valence electrons. The van der Waals surface area contributed by atoms with Gasteiger partial charge in [-0.1, -0.05) is 0 Å². The second kappa shape index (κ2) is 5.50. The van der Waals surface area contributed by atoms with Crippen LogP contribution in [0.5, 0.6) is 0 Å². The summed E-state index contributed by atoms with van der Waals surface area (Å²) in [4.78, 5) is 0. The summed E-state index contributed by atoms with van der Waals surface area (Å²) in [6.45, 7) is 0. The molecule has 0 saturated carbocycles. The molecule has 2 aromatic carbocycles. The summed E-state index contributed by atoms with van der Waals surface area (Å²) in [5.41, 5.74) is 9.33. The Morgan fingerprint density at radius 1 is 0.800 bits per heavy atom. The lowest BCUT2D eigenvalue weighted by Gasteiger charge is -2.06. The molecule has 0 bridgehead atoms. The second-order valence-electron chi connectivity index (χ2n) is 4.54. The van der Waals surface area contributed by atoms with Gasteiger partial charge in [0.1, 0.15) is 7.05 Å². The van der Waals surface area contributed by atoms with Crippen LogP contribution in [0.25, 0.3) is 21.8 Å². The van der Waals surface area contributed by atoms with E-state index in [1.54, 1.807) is 0 Å². The van der Waals surface area contributed by atoms with Crippen LogP contribution in [0.15, 0.2) is 42.5 Å². The highest BCUT2D eigenvalue weighted by Gasteiger charge is 2.12. The quantitative estimate of drug-likeness (QED) is 0.198. The van der Waals surface area contributed by atoms with Crippen molar-refractivity contribution in [2.24, 2.45) is 18.7 Å². The van der Waals surface area contributed by atoms with Crippen LogP contribution in [-0.4, -0.2) is 0 Å². The van der Waals surface area contributed by atoms with Crippen molar-refractivity contribution in [2.45, 2.75) is 0 Å². The summed E-state index contributed by atoms with van der Waals surface area (Å²) in [5, 5.41) is 2.34. The molecule has 0 saturated heterocycles.